The molecule has 0 aliphatic heterocycles. The summed E-state index contributed by atoms with van der Waals surface area (Å²) >= 11 is 0.0508. The van der Waals surface area contributed by atoms with Gasteiger partial charge < -0.3 is 20.8 Å². The Morgan fingerprint density at radius 1 is 1.21 bits per heavy atom. The molecule has 0 saturated heterocycles. The van der Waals surface area contributed by atoms with Crippen LogP contribution in [0, 0.1) is 0 Å². The number of hydrogen-bond acceptors (Lipinski definition) is 9. The van der Waals surface area contributed by atoms with Crippen molar-refractivity contribution in [3.05, 3.63) is 30.9 Å². The van der Waals surface area contributed by atoms with Crippen LogP contribution < -0.4 is 11.5 Å². The molecule has 150 valence electrons. The Labute approximate surface area is 173 Å². The highest BCUT2D eigenvalue weighted by Crippen LogP contribution is 2.43. The third-order valence-corrected chi connectivity index (χ3v) is 7.20. The lowest BCUT2D eigenvalue weighted by Gasteiger charge is -2.08. The van der Waals surface area contributed by atoms with Gasteiger partial charge in [-0.2, -0.15) is 5.10 Å². The number of ether oxygens (including phenoxy) is 1. The molecular formula is C18H19N7O2S2. The zero-order valence-corrected chi connectivity index (χ0v) is 17.5. The minimum Gasteiger partial charge on any atom is -0.611 e. The van der Waals surface area contributed by atoms with Crippen LogP contribution in [0.2, 0.25) is 0 Å². The highest BCUT2D eigenvalue weighted by Gasteiger charge is 2.25. The largest absolute Gasteiger partial charge is 0.611 e. The first-order chi connectivity index (χ1) is 14.0. The summed E-state index contributed by atoms with van der Waals surface area (Å²) in [5.74, 6) is 0.563. The van der Waals surface area contributed by atoms with Crippen molar-refractivity contribution in [2.45, 2.75) is 4.21 Å². The number of rotatable bonds is 6. The molecule has 0 aliphatic carbocycles. The van der Waals surface area contributed by atoms with Crippen LogP contribution in [0.3, 0.4) is 0 Å². The highest BCUT2D eigenvalue weighted by atomic mass is 32.2. The number of anilines is 2. The Balaban J connectivity index is 1.92. The second kappa shape index (κ2) is 7.95. The van der Waals surface area contributed by atoms with Gasteiger partial charge in [-0.15, -0.1) is 0 Å². The van der Waals surface area contributed by atoms with Crippen LogP contribution in [0.25, 0.3) is 32.6 Å². The third kappa shape index (κ3) is 3.77. The van der Waals surface area contributed by atoms with E-state index in [4.69, 9.17) is 21.2 Å². The molecular weight excluding hydrogens is 410 g/mol. The fourth-order valence-electron chi connectivity index (χ4n) is 2.93. The van der Waals surface area contributed by atoms with Crippen molar-refractivity contribution in [2.75, 3.05) is 30.9 Å². The molecule has 4 N–H and O–H groups in total. The van der Waals surface area contributed by atoms with Crippen molar-refractivity contribution in [2.24, 2.45) is 7.05 Å². The first-order valence-electron chi connectivity index (χ1n) is 8.65. The average Bonchev–Trinajstić information content (AvgIpc) is 3.29. The summed E-state index contributed by atoms with van der Waals surface area (Å²) in [6.07, 6.45) is 6.91. The minimum atomic E-state index is -1.27. The molecule has 0 radical (unpaired) electrons. The van der Waals surface area contributed by atoms with E-state index in [0.29, 0.717) is 32.8 Å². The van der Waals surface area contributed by atoms with Crippen molar-refractivity contribution >= 4 is 44.4 Å². The van der Waals surface area contributed by atoms with E-state index in [-0.39, 0.29) is 5.95 Å². The smallest absolute Gasteiger partial charge is 0.232 e. The summed E-state index contributed by atoms with van der Waals surface area (Å²) in [5, 5.41) is 5.03. The van der Waals surface area contributed by atoms with Gasteiger partial charge in [0.15, 0.2) is 0 Å². The van der Waals surface area contributed by atoms with Crippen molar-refractivity contribution in [3.63, 3.8) is 0 Å². The maximum atomic E-state index is 12.7. The molecule has 0 aromatic carbocycles. The summed E-state index contributed by atoms with van der Waals surface area (Å²) < 4.78 is 20.1. The van der Waals surface area contributed by atoms with Gasteiger partial charge in [-0.05, 0) is 11.6 Å². The Kier molecular flexibility index (Phi) is 5.37. The van der Waals surface area contributed by atoms with Gasteiger partial charge in [0.25, 0.3) is 0 Å². The zero-order valence-electron chi connectivity index (χ0n) is 15.8. The average molecular weight is 430 g/mol. The monoisotopic (exact) mass is 429 g/mol. The Bertz CT molecular complexity index is 1160. The lowest BCUT2D eigenvalue weighted by atomic mass is 10.0. The topological polar surface area (TPSA) is 141 Å². The summed E-state index contributed by atoms with van der Waals surface area (Å²) in [5.41, 5.74) is 15.7. The van der Waals surface area contributed by atoms with Gasteiger partial charge in [0.2, 0.25) is 10.2 Å². The van der Waals surface area contributed by atoms with Gasteiger partial charge in [-0.3, -0.25) is 4.68 Å². The fraction of sp³-hybridized carbons (Fsp3) is 0.222. The molecule has 1 atom stereocenters. The summed E-state index contributed by atoms with van der Waals surface area (Å²) in [7, 11) is 3.42. The maximum Gasteiger partial charge on any atom is 0.232 e. The maximum absolute atomic E-state index is 12.7. The van der Waals surface area contributed by atoms with Gasteiger partial charge in [-0.25, -0.2) is 15.0 Å². The van der Waals surface area contributed by atoms with Gasteiger partial charge in [0.1, 0.15) is 16.3 Å². The van der Waals surface area contributed by atoms with Crippen LogP contribution in [0.4, 0.5) is 11.6 Å². The number of aromatic nitrogens is 5. The molecule has 4 aromatic rings. The molecule has 0 saturated carbocycles. The molecule has 29 heavy (non-hydrogen) atoms. The van der Waals surface area contributed by atoms with E-state index in [1.165, 1.54) is 11.3 Å². The number of pyridine rings is 1. The predicted octanol–water partition coefficient (Wildman–Crippen LogP) is 2.07. The molecule has 4 heterocycles. The molecule has 0 spiro atoms. The van der Waals surface area contributed by atoms with Gasteiger partial charge in [0.05, 0.1) is 18.5 Å². The highest BCUT2D eigenvalue weighted by molar-refractivity contribution is 7.93. The minimum absolute atomic E-state index is 0.193. The van der Waals surface area contributed by atoms with Gasteiger partial charge in [0, 0.05) is 60.4 Å². The van der Waals surface area contributed by atoms with Crippen LogP contribution >= 0.6 is 11.3 Å². The van der Waals surface area contributed by atoms with Crippen LogP contribution in [0.1, 0.15) is 0 Å². The van der Waals surface area contributed by atoms with Crippen LogP contribution in [-0.2, 0) is 23.0 Å². The second-order valence-electron chi connectivity index (χ2n) is 6.31. The summed E-state index contributed by atoms with van der Waals surface area (Å²) in [4.78, 5) is 13.5. The summed E-state index contributed by atoms with van der Waals surface area (Å²) in [6.45, 7) is 0.386. The van der Waals surface area contributed by atoms with E-state index in [9.17, 15) is 4.55 Å². The Morgan fingerprint density at radius 3 is 2.62 bits per heavy atom. The van der Waals surface area contributed by atoms with Crippen molar-refractivity contribution < 1.29 is 9.29 Å². The zero-order chi connectivity index (χ0) is 20.5. The number of nitrogens with zero attached hydrogens (tertiary/aromatic N) is 5. The van der Waals surface area contributed by atoms with Gasteiger partial charge >= 0.3 is 0 Å². The molecule has 0 aliphatic rings. The fourth-order valence-corrected chi connectivity index (χ4v) is 5.49. The lowest BCUT2D eigenvalue weighted by molar-refractivity contribution is 0.217. The van der Waals surface area contributed by atoms with E-state index in [1.807, 2.05) is 19.3 Å². The van der Waals surface area contributed by atoms with Crippen LogP contribution in [-0.4, -0.2) is 48.8 Å². The van der Waals surface area contributed by atoms with Gasteiger partial charge in [-0.1, -0.05) is 11.3 Å². The number of fused-ring (bicyclic) bond motifs is 1. The first kappa shape index (κ1) is 19.6. The standard InChI is InChI=1S/C18H19N7O2S2/c1-25-9-11(8-23-25)12-5-13(10-6-21-18(20)22-7-10)24-16-14(12)15(19)17(28-16)29(26)4-3-27-2/h5-9H,3-4,19H2,1-2H3,(H2,20,21,22). The number of aryl methyl sites for hydroxylation is 1. The normalized spacial score (nSPS) is 12.5. The number of hydrogen-bond donors (Lipinski definition) is 2. The van der Waals surface area contributed by atoms with E-state index in [1.54, 1.807) is 30.4 Å². The molecule has 4 aromatic heterocycles. The Morgan fingerprint density at radius 2 is 1.97 bits per heavy atom. The molecule has 4 rings (SSSR count). The van der Waals surface area contributed by atoms with Crippen molar-refractivity contribution in [3.8, 4) is 22.4 Å². The predicted molar refractivity (Wildman–Crippen MR) is 115 cm³/mol. The summed E-state index contributed by atoms with van der Waals surface area (Å²) in [6, 6.07) is 1.92. The van der Waals surface area contributed by atoms with E-state index >= 15 is 0 Å². The van der Waals surface area contributed by atoms with Crippen LogP contribution in [0.5, 0.6) is 0 Å². The van der Waals surface area contributed by atoms with Crippen molar-refractivity contribution in [1.82, 2.24) is 24.7 Å². The molecule has 0 fully saturated rings. The Hall–Kier alpha value is -2.73. The van der Waals surface area contributed by atoms with E-state index in [2.05, 4.69) is 15.1 Å². The lowest BCUT2D eigenvalue weighted by Crippen LogP contribution is -2.11. The number of methoxy groups -OCH3 is 1. The third-order valence-electron chi connectivity index (χ3n) is 4.33. The molecule has 0 bridgehead atoms. The number of thiophene rings is 1. The van der Waals surface area contributed by atoms with Crippen LogP contribution in [0.15, 0.2) is 35.1 Å². The van der Waals surface area contributed by atoms with Crippen molar-refractivity contribution in [1.29, 1.82) is 0 Å². The molecule has 9 nitrogen and oxygen atoms in total. The molecule has 0 amide bonds. The van der Waals surface area contributed by atoms with E-state index in [0.717, 1.165) is 22.1 Å². The SMILES string of the molecule is COCC[S+]([O-])c1sc2nc(-c3cnc(N)nc3)cc(-c3cnn(C)c3)c2c1N. The quantitative estimate of drug-likeness (QED) is 0.444. The number of nitrogen functional groups attached to an aromatic ring is 2. The second-order valence-corrected chi connectivity index (χ2v) is 9.08. The number of nitrogens with two attached hydrogens (primary N) is 2. The molecule has 1 unspecified atom stereocenters. The van der Waals surface area contributed by atoms with E-state index < -0.39 is 11.2 Å². The first-order valence-corrected chi connectivity index (χ1v) is 10.8. The molecule has 11 heteroatoms.